The van der Waals surface area contributed by atoms with Crippen LogP contribution < -0.4 is 4.74 Å². The van der Waals surface area contributed by atoms with Crippen LogP contribution in [0.15, 0.2) is 42.7 Å². The van der Waals surface area contributed by atoms with Gasteiger partial charge in [-0.25, -0.2) is 9.97 Å². The van der Waals surface area contributed by atoms with Gasteiger partial charge in [-0.2, -0.15) is 0 Å². The maximum absolute atomic E-state index is 12.7. The van der Waals surface area contributed by atoms with Gasteiger partial charge in [-0.3, -0.25) is 9.69 Å². The average Bonchev–Trinajstić information content (AvgIpc) is 2.66. The van der Waals surface area contributed by atoms with Gasteiger partial charge in [0.05, 0.1) is 0 Å². The number of rotatable bonds is 5. The number of carbonyl (C=O) groups excluding carboxylic acids is 1. The van der Waals surface area contributed by atoms with Crippen molar-refractivity contribution in [3.8, 4) is 5.88 Å². The first kappa shape index (κ1) is 17.0. The SMILES string of the molecule is O=C(c1cc(OCc2ccccc2)ncn1)N1CCN(C2CCC2)CC1. The Hall–Kier alpha value is -2.47. The standard InChI is InChI=1S/C20H24N4O2/c25-20(24-11-9-23(10-12-24)17-7-4-8-17)18-13-19(22-15-21-18)26-14-16-5-2-1-3-6-16/h1-3,5-6,13,15,17H,4,7-12,14H2. The number of ether oxygens (including phenoxy) is 1. The van der Waals surface area contributed by atoms with Gasteiger partial charge in [0.1, 0.15) is 18.6 Å². The zero-order chi connectivity index (χ0) is 17.8. The average molecular weight is 352 g/mol. The second-order valence-corrected chi connectivity index (χ2v) is 6.93. The van der Waals surface area contributed by atoms with Gasteiger partial charge in [0.2, 0.25) is 5.88 Å². The summed E-state index contributed by atoms with van der Waals surface area (Å²) in [5.74, 6) is 0.394. The maximum atomic E-state index is 12.7. The fraction of sp³-hybridized carbons (Fsp3) is 0.450. The molecule has 1 aromatic heterocycles. The van der Waals surface area contributed by atoms with Crippen LogP contribution in [0.3, 0.4) is 0 Å². The molecule has 0 unspecified atom stereocenters. The molecule has 0 atom stereocenters. The van der Waals surface area contributed by atoms with E-state index < -0.39 is 0 Å². The van der Waals surface area contributed by atoms with Crippen molar-refractivity contribution in [3.05, 3.63) is 54.0 Å². The van der Waals surface area contributed by atoms with E-state index >= 15 is 0 Å². The molecular formula is C20H24N4O2. The number of benzene rings is 1. The first-order valence-electron chi connectivity index (χ1n) is 9.32. The summed E-state index contributed by atoms with van der Waals surface area (Å²) >= 11 is 0. The second kappa shape index (κ2) is 7.83. The molecule has 1 saturated heterocycles. The van der Waals surface area contributed by atoms with Crippen molar-refractivity contribution in [2.24, 2.45) is 0 Å². The zero-order valence-electron chi connectivity index (χ0n) is 14.9. The van der Waals surface area contributed by atoms with Crippen LogP contribution in [0.1, 0.15) is 35.3 Å². The van der Waals surface area contributed by atoms with E-state index in [9.17, 15) is 4.79 Å². The molecule has 2 aromatic rings. The Morgan fingerprint density at radius 2 is 1.85 bits per heavy atom. The third kappa shape index (κ3) is 3.85. The minimum atomic E-state index is -0.0368. The quantitative estimate of drug-likeness (QED) is 0.827. The molecule has 1 amide bonds. The first-order chi connectivity index (χ1) is 12.8. The Bertz CT molecular complexity index is 740. The summed E-state index contributed by atoms with van der Waals surface area (Å²) < 4.78 is 5.71. The maximum Gasteiger partial charge on any atom is 0.272 e. The van der Waals surface area contributed by atoms with E-state index in [0.717, 1.165) is 37.8 Å². The van der Waals surface area contributed by atoms with Crippen molar-refractivity contribution in [1.29, 1.82) is 0 Å². The summed E-state index contributed by atoms with van der Waals surface area (Å²) in [5, 5.41) is 0. The van der Waals surface area contributed by atoms with E-state index in [2.05, 4.69) is 14.9 Å². The summed E-state index contributed by atoms with van der Waals surface area (Å²) in [5.41, 5.74) is 1.46. The number of aromatic nitrogens is 2. The molecular weight excluding hydrogens is 328 g/mol. The molecule has 6 heteroatoms. The van der Waals surface area contributed by atoms with Crippen molar-refractivity contribution in [2.45, 2.75) is 31.9 Å². The van der Waals surface area contributed by atoms with Gasteiger partial charge >= 0.3 is 0 Å². The topological polar surface area (TPSA) is 58.6 Å². The zero-order valence-corrected chi connectivity index (χ0v) is 14.9. The number of hydrogen-bond acceptors (Lipinski definition) is 5. The fourth-order valence-electron chi connectivity index (χ4n) is 3.47. The van der Waals surface area contributed by atoms with Crippen LogP contribution in [0.5, 0.6) is 5.88 Å². The van der Waals surface area contributed by atoms with Crippen LogP contribution >= 0.6 is 0 Å². The molecule has 136 valence electrons. The second-order valence-electron chi connectivity index (χ2n) is 6.93. The highest BCUT2D eigenvalue weighted by Gasteiger charge is 2.30. The highest BCUT2D eigenvalue weighted by molar-refractivity contribution is 5.92. The lowest BCUT2D eigenvalue weighted by Gasteiger charge is -2.42. The van der Waals surface area contributed by atoms with E-state index in [0.29, 0.717) is 18.2 Å². The molecule has 0 bridgehead atoms. The molecule has 1 aliphatic carbocycles. The molecule has 1 saturated carbocycles. The van der Waals surface area contributed by atoms with Crippen LogP contribution in [0, 0.1) is 0 Å². The fourth-order valence-corrected chi connectivity index (χ4v) is 3.47. The van der Waals surface area contributed by atoms with Crippen molar-refractivity contribution in [2.75, 3.05) is 26.2 Å². The Balaban J connectivity index is 1.34. The van der Waals surface area contributed by atoms with E-state index in [1.165, 1.54) is 25.6 Å². The minimum absolute atomic E-state index is 0.0368. The molecule has 1 aromatic carbocycles. The molecule has 0 radical (unpaired) electrons. The summed E-state index contributed by atoms with van der Waals surface area (Å²) in [6, 6.07) is 12.3. The van der Waals surface area contributed by atoms with Crippen molar-refractivity contribution in [3.63, 3.8) is 0 Å². The minimum Gasteiger partial charge on any atom is -0.473 e. The summed E-state index contributed by atoms with van der Waals surface area (Å²) in [6.07, 6.45) is 5.36. The Kier molecular flexibility index (Phi) is 5.11. The van der Waals surface area contributed by atoms with Gasteiger partial charge < -0.3 is 9.64 Å². The van der Waals surface area contributed by atoms with Gasteiger partial charge in [0, 0.05) is 38.3 Å². The monoisotopic (exact) mass is 352 g/mol. The summed E-state index contributed by atoms with van der Waals surface area (Å²) in [7, 11) is 0. The van der Waals surface area contributed by atoms with Crippen molar-refractivity contribution < 1.29 is 9.53 Å². The summed E-state index contributed by atoms with van der Waals surface area (Å²) in [4.78, 5) is 25.4. The molecule has 0 N–H and O–H groups in total. The number of piperazine rings is 1. The van der Waals surface area contributed by atoms with Crippen LogP contribution in [0.4, 0.5) is 0 Å². The predicted molar refractivity (Wildman–Crippen MR) is 97.9 cm³/mol. The molecule has 2 fully saturated rings. The van der Waals surface area contributed by atoms with Gasteiger partial charge in [0.15, 0.2) is 0 Å². The lowest BCUT2D eigenvalue weighted by Crippen LogP contribution is -2.53. The molecule has 26 heavy (non-hydrogen) atoms. The lowest BCUT2D eigenvalue weighted by molar-refractivity contribution is 0.0450. The Morgan fingerprint density at radius 3 is 2.54 bits per heavy atom. The number of hydrogen-bond donors (Lipinski definition) is 0. The van der Waals surface area contributed by atoms with Crippen molar-refractivity contribution >= 4 is 5.91 Å². The van der Waals surface area contributed by atoms with Crippen LogP contribution in [0.25, 0.3) is 0 Å². The largest absolute Gasteiger partial charge is 0.473 e. The smallest absolute Gasteiger partial charge is 0.272 e. The summed E-state index contributed by atoms with van der Waals surface area (Å²) in [6.45, 7) is 3.86. The molecule has 0 spiro atoms. The van der Waals surface area contributed by atoms with E-state index in [4.69, 9.17) is 4.74 Å². The van der Waals surface area contributed by atoms with Gasteiger partial charge in [-0.05, 0) is 18.4 Å². The van der Waals surface area contributed by atoms with Gasteiger partial charge in [0.25, 0.3) is 5.91 Å². The lowest BCUT2D eigenvalue weighted by atomic mass is 9.91. The van der Waals surface area contributed by atoms with E-state index in [-0.39, 0.29) is 5.91 Å². The number of nitrogens with zero attached hydrogens (tertiary/aromatic N) is 4. The molecule has 1 aliphatic heterocycles. The van der Waals surface area contributed by atoms with E-state index in [1.54, 1.807) is 6.07 Å². The Labute approximate surface area is 153 Å². The van der Waals surface area contributed by atoms with E-state index in [1.807, 2.05) is 35.2 Å². The normalized spacial score (nSPS) is 18.4. The van der Waals surface area contributed by atoms with Crippen LogP contribution in [-0.4, -0.2) is 57.9 Å². The number of amides is 1. The molecule has 2 aliphatic rings. The van der Waals surface area contributed by atoms with Gasteiger partial charge in [-0.1, -0.05) is 36.8 Å². The highest BCUT2D eigenvalue weighted by atomic mass is 16.5. The van der Waals surface area contributed by atoms with Crippen molar-refractivity contribution in [1.82, 2.24) is 19.8 Å². The molecule has 2 heterocycles. The molecule has 6 nitrogen and oxygen atoms in total. The Morgan fingerprint density at radius 1 is 1.08 bits per heavy atom. The van der Waals surface area contributed by atoms with Crippen LogP contribution in [0.2, 0.25) is 0 Å². The third-order valence-electron chi connectivity index (χ3n) is 5.28. The van der Waals surface area contributed by atoms with Gasteiger partial charge in [-0.15, -0.1) is 0 Å². The van der Waals surface area contributed by atoms with Crippen LogP contribution in [-0.2, 0) is 6.61 Å². The predicted octanol–water partition coefficient (Wildman–Crippen LogP) is 2.37. The first-order valence-corrected chi connectivity index (χ1v) is 9.32. The number of carbonyl (C=O) groups is 1. The highest BCUT2D eigenvalue weighted by Crippen LogP contribution is 2.25. The third-order valence-corrected chi connectivity index (χ3v) is 5.28. The molecule has 4 rings (SSSR count).